The van der Waals surface area contributed by atoms with Crippen LogP contribution < -0.4 is 10.1 Å². The average molecular weight is 345 g/mol. The third-order valence-electron chi connectivity index (χ3n) is 4.61. The molecular weight excluding hydrogens is 318 g/mol. The highest BCUT2D eigenvalue weighted by atomic mass is 16.5. The van der Waals surface area contributed by atoms with E-state index in [4.69, 9.17) is 4.74 Å². The summed E-state index contributed by atoms with van der Waals surface area (Å²) < 4.78 is 6.04. The molecule has 2 heteroatoms. The Balaban J connectivity index is 1.47. The summed E-state index contributed by atoms with van der Waals surface area (Å²) in [4.78, 5) is 0. The molecule has 0 aromatic heterocycles. The van der Waals surface area contributed by atoms with E-state index >= 15 is 0 Å². The van der Waals surface area contributed by atoms with Crippen molar-refractivity contribution < 1.29 is 4.74 Å². The Bertz CT molecular complexity index is 798. The van der Waals surface area contributed by atoms with Crippen LogP contribution in [0.2, 0.25) is 0 Å². The zero-order valence-electron chi connectivity index (χ0n) is 15.4. The molecule has 0 fully saturated rings. The first-order valence-electron chi connectivity index (χ1n) is 9.33. The molecule has 0 radical (unpaired) electrons. The number of rotatable bonds is 9. The Morgan fingerprint density at radius 3 is 2.23 bits per heavy atom. The first-order chi connectivity index (χ1) is 12.8. The summed E-state index contributed by atoms with van der Waals surface area (Å²) in [5, 5.41) is 3.55. The summed E-state index contributed by atoms with van der Waals surface area (Å²) in [6.45, 7) is 4.66. The minimum Gasteiger partial charge on any atom is -0.493 e. The highest BCUT2D eigenvalue weighted by Gasteiger charge is 2.03. The highest BCUT2D eigenvalue weighted by Crippen LogP contribution is 2.18. The summed E-state index contributed by atoms with van der Waals surface area (Å²) in [5.74, 6) is 0.979. The Morgan fingerprint density at radius 2 is 1.42 bits per heavy atom. The lowest BCUT2D eigenvalue weighted by Gasteiger charge is -2.13. The van der Waals surface area contributed by atoms with Gasteiger partial charge in [0.1, 0.15) is 5.75 Å². The Hall–Kier alpha value is -2.58. The van der Waals surface area contributed by atoms with Gasteiger partial charge in [0.2, 0.25) is 0 Å². The van der Waals surface area contributed by atoms with Crippen LogP contribution in [0.3, 0.4) is 0 Å². The fraction of sp³-hybridized carbons (Fsp3) is 0.250. The van der Waals surface area contributed by atoms with Crippen molar-refractivity contribution in [3.63, 3.8) is 0 Å². The molecule has 0 aliphatic heterocycles. The van der Waals surface area contributed by atoms with Gasteiger partial charge in [0, 0.05) is 18.5 Å². The molecule has 0 saturated carbocycles. The topological polar surface area (TPSA) is 21.3 Å². The maximum absolute atomic E-state index is 6.04. The Labute approximate surface area is 156 Å². The molecule has 3 rings (SSSR count). The number of aryl methyl sites for hydroxylation is 1. The summed E-state index contributed by atoms with van der Waals surface area (Å²) >= 11 is 0. The molecule has 0 aliphatic carbocycles. The van der Waals surface area contributed by atoms with E-state index in [-0.39, 0.29) is 0 Å². The van der Waals surface area contributed by atoms with Gasteiger partial charge in [-0.1, -0.05) is 72.8 Å². The largest absolute Gasteiger partial charge is 0.493 e. The molecule has 0 amide bonds. The van der Waals surface area contributed by atoms with E-state index in [2.05, 4.69) is 79.0 Å². The Kier molecular flexibility index (Phi) is 6.86. The van der Waals surface area contributed by atoms with E-state index in [1.165, 1.54) is 22.3 Å². The molecule has 2 nitrogen and oxygen atoms in total. The summed E-state index contributed by atoms with van der Waals surface area (Å²) in [7, 11) is 0. The number of benzene rings is 3. The second-order valence-electron chi connectivity index (χ2n) is 6.55. The van der Waals surface area contributed by atoms with Crippen LogP contribution >= 0.6 is 0 Å². The third-order valence-corrected chi connectivity index (χ3v) is 4.61. The van der Waals surface area contributed by atoms with Crippen molar-refractivity contribution in [2.75, 3.05) is 13.2 Å². The van der Waals surface area contributed by atoms with Crippen LogP contribution in [-0.2, 0) is 19.4 Å². The van der Waals surface area contributed by atoms with E-state index in [1.807, 2.05) is 12.1 Å². The maximum Gasteiger partial charge on any atom is 0.123 e. The molecule has 26 heavy (non-hydrogen) atoms. The van der Waals surface area contributed by atoms with Gasteiger partial charge >= 0.3 is 0 Å². The quantitative estimate of drug-likeness (QED) is 0.554. The minimum atomic E-state index is 0.699. The van der Waals surface area contributed by atoms with Gasteiger partial charge in [-0.25, -0.2) is 0 Å². The predicted molar refractivity (Wildman–Crippen MR) is 109 cm³/mol. The highest BCUT2D eigenvalue weighted by molar-refractivity contribution is 5.33. The number of hydrogen-bond donors (Lipinski definition) is 1. The molecule has 0 spiro atoms. The van der Waals surface area contributed by atoms with Gasteiger partial charge in [-0.2, -0.15) is 0 Å². The second-order valence-corrected chi connectivity index (χ2v) is 6.55. The van der Waals surface area contributed by atoms with Crippen molar-refractivity contribution >= 4 is 0 Å². The SMILES string of the molecule is Cc1ccccc1CCNCc1ccccc1OCCc1ccccc1. The van der Waals surface area contributed by atoms with Crippen LogP contribution in [0.1, 0.15) is 22.3 Å². The molecular formula is C24H27NO. The zero-order chi connectivity index (χ0) is 18.0. The fourth-order valence-electron chi connectivity index (χ4n) is 3.05. The molecule has 0 bridgehead atoms. The van der Waals surface area contributed by atoms with E-state index in [0.717, 1.165) is 31.7 Å². The van der Waals surface area contributed by atoms with E-state index in [1.54, 1.807) is 0 Å². The number of hydrogen-bond acceptors (Lipinski definition) is 2. The van der Waals surface area contributed by atoms with Crippen molar-refractivity contribution in [3.05, 3.63) is 101 Å². The lowest BCUT2D eigenvalue weighted by atomic mass is 10.1. The zero-order valence-corrected chi connectivity index (χ0v) is 15.4. The van der Waals surface area contributed by atoms with Gasteiger partial charge in [0.25, 0.3) is 0 Å². The molecule has 0 aliphatic rings. The van der Waals surface area contributed by atoms with Crippen LogP contribution in [-0.4, -0.2) is 13.2 Å². The molecule has 0 atom stereocenters. The van der Waals surface area contributed by atoms with Crippen molar-refractivity contribution in [1.29, 1.82) is 0 Å². The van der Waals surface area contributed by atoms with Crippen LogP contribution in [0.5, 0.6) is 5.75 Å². The number of para-hydroxylation sites is 1. The molecule has 1 N–H and O–H groups in total. The van der Waals surface area contributed by atoms with E-state index in [9.17, 15) is 0 Å². The van der Waals surface area contributed by atoms with Crippen LogP contribution in [0, 0.1) is 6.92 Å². The molecule has 3 aromatic rings. The van der Waals surface area contributed by atoms with Crippen LogP contribution in [0.4, 0.5) is 0 Å². The van der Waals surface area contributed by atoms with Crippen molar-refractivity contribution in [3.8, 4) is 5.75 Å². The molecule has 0 unspecified atom stereocenters. The van der Waals surface area contributed by atoms with E-state index in [0.29, 0.717) is 6.61 Å². The van der Waals surface area contributed by atoms with Crippen molar-refractivity contribution in [2.24, 2.45) is 0 Å². The summed E-state index contributed by atoms with van der Waals surface area (Å²) in [6, 6.07) is 27.4. The third kappa shape index (κ3) is 5.47. The fourth-order valence-corrected chi connectivity index (χ4v) is 3.05. The summed E-state index contributed by atoms with van der Waals surface area (Å²) in [5.41, 5.74) is 5.29. The lowest BCUT2D eigenvalue weighted by molar-refractivity contribution is 0.317. The van der Waals surface area contributed by atoms with Crippen LogP contribution in [0.25, 0.3) is 0 Å². The first kappa shape index (κ1) is 18.2. The molecule has 0 heterocycles. The molecule has 134 valence electrons. The normalized spacial score (nSPS) is 10.7. The van der Waals surface area contributed by atoms with Gasteiger partial charge in [-0.05, 0) is 42.6 Å². The molecule has 3 aromatic carbocycles. The first-order valence-corrected chi connectivity index (χ1v) is 9.33. The lowest BCUT2D eigenvalue weighted by Crippen LogP contribution is -2.17. The minimum absolute atomic E-state index is 0.699. The summed E-state index contributed by atoms with van der Waals surface area (Å²) in [6.07, 6.45) is 1.97. The predicted octanol–water partition coefficient (Wildman–Crippen LogP) is 4.95. The van der Waals surface area contributed by atoms with Gasteiger partial charge < -0.3 is 10.1 Å². The van der Waals surface area contributed by atoms with Gasteiger partial charge in [-0.15, -0.1) is 0 Å². The van der Waals surface area contributed by atoms with Gasteiger partial charge in [-0.3, -0.25) is 0 Å². The second kappa shape index (κ2) is 9.79. The van der Waals surface area contributed by atoms with Gasteiger partial charge in [0.05, 0.1) is 6.61 Å². The smallest absolute Gasteiger partial charge is 0.123 e. The van der Waals surface area contributed by atoms with Crippen LogP contribution in [0.15, 0.2) is 78.9 Å². The van der Waals surface area contributed by atoms with E-state index < -0.39 is 0 Å². The van der Waals surface area contributed by atoms with Gasteiger partial charge in [0.15, 0.2) is 0 Å². The monoisotopic (exact) mass is 345 g/mol. The maximum atomic E-state index is 6.04. The number of nitrogens with one attached hydrogen (secondary N) is 1. The number of ether oxygens (including phenoxy) is 1. The standard InChI is InChI=1S/C24H27NO/c1-20-9-5-6-12-22(20)15-17-25-19-23-13-7-8-14-24(23)26-18-16-21-10-3-2-4-11-21/h2-14,25H,15-19H2,1H3. The van der Waals surface area contributed by atoms with Crippen molar-refractivity contribution in [1.82, 2.24) is 5.32 Å². The average Bonchev–Trinajstić information content (AvgIpc) is 2.68. The van der Waals surface area contributed by atoms with Crippen molar-refractivity contribution in [2.45, 2.75) is 26.3 Å². The Morgan fingerprint density at radius 1 is 0.731 bits per heavy atom. The molecule has 0 saturated heterocycles.